The van der Waals surface area contributed by atoms with Crippen molar-refractivity contribution in [3.8, 4) is 0 Å². The van der Waals surface area contributed by atoms with Gasteiger partial charge in [-0.25, -0.2) is 5.43 Å². The molecule has 0 bridgehead atoms. The molecule has 0 atom stereocenters. The maximum Gasteiger partial charge on any atom is 0.271 e. The fourth-order valence-electron chi connectivity index (χ4n) is 2.51. The average Bonchev–Trinajstić information content (AvgIpc) is 3.13. The second-order valence-electron chi connectivity index (χ2n) is 5.93. The van der Waals surface area contributed by atoms with Crippen molar-refractivity contribution in [3.63, 3.8) is 0 Å². The zero-order valence-electron chi connectivity index (χ0n) is 14.5. The van der Waals surface area contributed by atoms with Gasteiger partial charge in [0.15, 0.2) is 0 Å². The van der Waals surface area contributed by atoms with Gasteiger partial charge in [-0.3, -0.25) is 9.48 Å². The van der Waals surface area contributed by atoms with Crippen molar-refractivity contribution >= 4 is 12.1 Å². The van der Waals surface area contributed by atoms with E-state index >= 15 is 0 Å². The maximum atomic E-state index is 12.1. The van der Waals surface area contributed by atoms with E-state index in [9.17, 15) is 4.79 Å². The Morgan fingerprint density at radius 3 is 2.56 bits per heavy atom. The number of carbonyl (C=O) groups is 1. The second-order valence-corrected chi connectivity index (χ2v) is 5.93. The summed E-state index contributed by atoms with van der Waals surface area (Å²) in [5.74, 6) is 1.13. The Morgan fingerprint density at radius 2 is 1.96 bits per heavy atom. The van der Waals surface area contributed by atoms with Crippen LogP contribution >= 0.6 is 0 Å². The van der Waals surface area contributed by atoms with Crippen LogP contribution in [0.25, 0.3) is 0 Å². The number of nitrogens with one attached hydrogen (secondary N) is 1. The number of benzene rings is 1. The van der Waals surface area contributed by atoms with Crippen molar-refractivity contribution in [1.29, 1.82) is 0 Å². The van der Waals surface area contributed by atoms with E-state index in [0.717, 1.165) is 22.7 Å². The molecule has 0 aliphatic heterocycles. The van der Waals surface area contributed by atoms with Gasteiger partial charge in [0.2, 0.25) is 0 Å². The van der Waals surface area contributed by atoms with Crippen molar-refractivity contribution in [2.75, 3.05) is 0 Å². The number of amides is 1. The van der Waals surface area contributed by atoms with E-state index < -0.39 is 0 Å². The molecular weight excluding hydrogens is 316 g/mol. The molecule has 3 rings (SSSR count). The van der Waals surface area contributed by atoms with Gasteiger partial charge in [0.05, 0.1) is 18.5 Å². The van der Waals surface area contributed by atoms with Gasteiger partial charge >= 0.3 is 0 Å². The second kappa shape index (κ2) is 7.17. The molecule has 6 nitrogen and oxygen atoms in total. The van der Waals surface area contributed by atoms with E-state index in [0.29, 0.717) is 17.9 Å². The molecule has 0 aliphatic rings. The fourth-order valence-corrected chi connectivity index (χ4v) is 2.51. The molecular formula is C19H20N4O2. The molecule has 0 saturated carbocycles. The molecule has 3 aromatic rings. The highest BCUT2D eigenvalue weighted by molar-refractivity contribution is 5.94. The van der Waals surface area contributed by atoms with Crippen molar-refractivity contribution in [2.24, 2.45) is 5.10 Å². The fraction of sp³-hybridized carbons (Fsp3) is 0.211. The van der Waals surface area contributed by atoms with Crippen LogP contribution in [0.1, 0.15) is 38.8 Å². The average molecular weight is 336 g/mol. The van der Waals surface area contributed by atoms with E-state index in [2.05, 4.69) is 15.6 Å². The van der Waals surface area contributed by atoms with E-state index in [1.54, 1.807) is 18.2 Å². The molecule has 0 radical (unpaired) electrons. The molecule has 0 fully saturated rings. The number of carbonyl (C=O) groups excluding carboxylic acids is 1. The first-order chi connectivity index (χ1) is 12.0. The minimum absolute atomic E-state index is 0.266. The Hall–Kier alpha value is -3.15. The van der Waals surface area contributed by atoms with Crippen LogP contribution in [0.4, 0.5) is 0 Å². The topological polar surface area (TPSA) is 72.4 Å². The normalized spacial score (nSPS) is 11.2. The van der Waals surface area contributed by atoms with E-state index in [1.165, 1.54) is 6.21 Å². The molecule has 2 aromatic heterocycles. The van der Waals surface area contributed by atoms with Crippen molar-refractivity contribution in [1.82, 2.24) is 15.2 Å². The molecule has 1 N–H and O–H groups in total. The van der Waals surface area contributed by atoms with Crippen molar-refractivity contribution in [3.05, 3.63) is 76.5 Å². The van der Waals surface area contributed by atoms with Crippen LogP contribution in [0.2, 0.25) is 0 Å². The monoisotopic (exact) mass is 336 g/mol. The molecule has 0 saturated heterocycles. The van der Waals surface area contributed by atoms with Crippen LogP contribution in [0.3, 0.4) is 0 Å². The highest BCUT2D eigenvalue weighted by Crippen LogP contribution is 2.09. The zero-order chi connectivity index (χ0) is 17.8. The summed E-state index contributed by atoms with van der Waals surface area (Å²) in [6.45, 7) is 6.53. The summed E-state index contributed by atoms with van der Waals surface area (Å²) in [5.41, 5.74) is 6.23. The predicted molar refractivity (Wildman–Crippen MR) is 95.8 cm³/mol. The summed E-state index contributed by atoms with van der Waals surface area (Å²) in [6.07, 6.45) is 1.47. The summed E-state index contributed by atoms with van der Waals surface area (Å²) in [7, 11) is 0. The standard InChI is InChI=1S/C19H20N4O2/c1-13-10-14(2)23(22-13)12-16-5-7-17(8-6-16)19(24)21-20-11-18-9-4-15(3)25-18/h4-11H,12H2,1-3H3,(H,21,24)/b20-11+. The number of hydrogen-bond acceptors (Lipinski definition) is 4. The molecule has 0 unspecified atom stereocenters. The van der Waals surface area contributed by atoms with Crippen molar-refractivity contribution in [2.45, 2.75) is 27.3 Å². The number of nitrogens with zero attached hydrogens (tertiary/aromatic N) is 3. The highest BCUT2D eigenvalue weighted by Gasteiger charge is 2.06. The minimum atomic E-state index is -0.266. The summed E-state index contributed by atoms with van der Waals surface area (Å²) in [4.78, 5) is 12.1. The Bertz CT molecular complexity index is 904. The number of furan rings is 1. The first-order valence-electron chi connectivity index (χ1n) is 8.01. The molecule has 0 spiro atoms. The number of aromatic nitrogens is 2. The molecule has 25 heavy (non-hydrogen) atoms. The third-order valence-corrected chi connectivity index (χ3v) is 3.77. The lowest BCUT2D eigenvalue weighted by molar-refractivity contribution is 0.0955. The smallest absolute Gasteiger partial charge is 0.271 e. The van der Waals surface area contributed by atoms with Gasteiger partial charge in [-0.2, -0.15) is 10.2 Å². The number of aryl methyl sites for hydroxylation is 3. The van der Waals surface area contributed by atoms with Gasteiger partial charge in [-0.1, -0.05) is 12.1 Å². The van der Waals surface area contributed by atoms with Crippen molar-refractivity contribution < 1.29 is 9.21 Å². The minimum Gasteiger partial charge on any atom is -0.460 e. The predicted octanol–water partition coefficient (Wildman–Crippen LogP) is 3.21. The summed E-state index contributed by atoms with van der Waals surface area (Å²) < 4.78 is 7.29. The van der Waals surface area contributed by atoms with Crippen LogP contribution in [0.5, 0.6) is 0 Å². The van der Waals surface area contributed by atoms with Gasteiger partial charge in [-0.15, -0.1) is 0 Å². The van der Waals surface area contributed by atoms with Crippen LogP contribution in [-0.2, 0) is 6.54 Å². The van der Waals surface area contributed by atoms with E-state index in [1.807, 2.05) is 49.7 Å². The number of hydrogen-bond donors (Lipinski definition) is 1. The third-order valence-electron chi connectivity index (χ3n) is 3.77. The van der Waals surface area contributed by atoms with Crippen LogP contribution in [-0.4, -0.2) is 21.9 Å². The third kappa shape index (κ3) is 4.23. The molecule has 1 aromatic carbocycles. The zero-order valence-corrected chi connectivity index (χ0v) is 14.5. The van der Waals surface area contributed by atoms with Gasteiger partial charge in [0, 0.05) is 11.3 Å². The number of rotatable bonds is 5. The largest absolute Gasteiger partial charge is 0.460 e. The summed E-state index contributed by atoms with van der Waals surface area (Å²) >= 11 is 0. The van der Waals surface area contributed by atoms with Crippen LogP contribution in [0, 0.1) is 20.8 Å². The maximum absolute atomic E-state index is 12.1. The van der Waals surface area contributed by atoms with Gasteiger partial charge in [0.25, 0.3) is 5.91 Å². The number of hydrazone groups is 1. The van der Waals surface area contributed by atoms with Gasteiger partial charge in [-0.05, 0) is 56.7 Å². The Labute approximate surface area is 146 Å². The van der Waals surface area contributed by atoms with Gasteiger partial charge < -0.3 is 4.42 Å². The highest BCUT2D eigenvalue weighted by atomic mass is 16.3. The first kappa shape index (κ1) is 16.7. The lowest BCUT2D eigenvalue weighted by atomic mass is 10.1. The van der Waals surface area contributed by atoms with E-state index in [4.69, 9.17) is 4.42 Å². The molecule has 0 aliphatic carbocycles. The Kier molecular flexibility index (Phi) is 4.79. The molecule has 128 valence electrons. The van der Waals surface area contributed by atoms with Gasteiger partial charge in [0.1, 0.15) is 11.5 Å². The molecule has 6 heteroatoms. The summed E-state index contributed by atoms with van der Waals surface area (Å²) in [6, 6.07) is 13.1. The Balaban J connectivity index is 1.60. The SMILES string of the molecule is Cc1cc(C)n(Cc2ccc(C(=O)N/N=C/c3ccc(C)o3)cc2)n1. The lowest BCUT2D eigenvalue weighted by Gasteiger charge is -2.06. The Morgan fingerprint density at radius 1 is 1.20 bits per heavy atom. The first-order valence-corrected chi connectivity index (χ1v) is 8.01. The summed E-state index contributed by atoms with van der Waals surface area (Å²) in [5, 5.41) is 8.35. The molecule has 1 amide bonds. The van der Waals surface area contributed by atoms with E-state index in [-0.39, 0.29) is 5.91 Å². The molecule has 2 heterocycles. The quantitative estimate of drug-likeness (QED) is 0.574. The lowest BCUT2D eigenvalue weighted by Crippen LogP contribution is -2.17. The van der Waals surface area contributed by atoms with Crippen LogP contribution in [0.15, 0.2) is 52.0 Å². The van der Waals surface area contributed by atoms with Crippen LogP contribution < -0.4 is 5.43 Å².